The molecule has 0 aromatic rings. The van der Waals surface area contributed by atoms with E-state index in [-0.39, 0.29) is 17.9 Å². The molecule has 0 spiro atoms. The van der Waals surface area contributed by atoms with Gasteiger partial charge in [0.1, 0.15) is 0 Å². The van der Waals surface area contributed by atoms with Gasteiger partial charge in [0, 0.05) is 20.3 Å². The number of methoxy groups -OCH3 is 1. The van der Waals surface area contributed by atoms with Crippen molar-refractivity contribution in [2.24, 2.45) is 0 Å². The van der Waals surface area contributed by atoms with Gasteiger partial charge >= 0.3 is 17.9 Å². The highest BCUT2D eigenvalue weighted by molar-refractivity contribution is 5.68. The summed E-state index contributed by atoms with van der Waals surface area (Å²) in [5, 5.41) is 0. The molecule has 0 aromatic heterocycles. The van der Waals surface area contributed by atoms with Gasteiger partial charge in [-0.2, -0.15) is 0 Å². The fourth-order valence-electron chi connectivity index (χ4n) is 0.870. The van der Waals surface area contributed by atoms with E-state index < -0.39 is 0 Å². The molecule has 0 saturated heterocycles. The predicted molar refractivity (Wildman–Crippen MR) is 80.8 cm³/mol. The second-order valence-electron chi connectivity index (χ2n) is 3.94. The van der Waals surface area contributed by atoms with Gasteiger partial charge in [-0.25, -0.2) is 0 Å². The Balaban J connectivity index is -0.000000234. The molecule has 0 heterocycles. The van der Waals surface area contributed by atoms with Crippen LogP contribution in [0.25, 0.3) is 0 Å². The Bertz CT molecular complexity index is 263. The lowest BCUT2D eigenvalue weighted by Crippen LogP contribution is -1.99. The molecule has 0 bridgehead atoms. The van der Waals surface area contributed by atoms with Crippen LogP contribution in [0.5, 0.6) is 0 Å². The van der Waals surface area contributed by atoms with E-state index in [1.165, 1.54) is 21.0 Å². The average molecular weight is 306 g/mol. The van der Waals surface area contributed by atoms with Crippen LogP contribution in [0.4, 0.5) is 0 Å². The van der Waals surface area contributed by atoms with Gasteiger partial charge in [-0.1, -0.05) is 20.3 Å². The third kappa shape index (κ3) is 38.1. The minimum atomic E-state index is -0.211. The van der Waals surface area contributed by atoms with Crippen molar-refractivity contribution >= 4 is 17.9 Å². The third-order valence-corrected chi connectivity index (χ3v) is 1.83. The highest BCUT2D eigenvalue weighted by atomic mass is 16.5. The largest absolute Gasteiger partial charge is 0.469 e. The normalized spacial score (nSPS) is 8.29. The van der Waals surface area contributed by atoms with E-state index in [2.05, 4.69) is 21.1 Å². The second kappa shape index (κ2) is 20.7. The lowest BCUT2D eigenvalue weighted by atomic mass is 10.3. The maximum atomic E-state index is 10.2. The first-order chi connectivity index (χ1) is 9.85. The van der Waals surface area contributed by atoms with E-state index in [0.29, 0.717) is 19.6 Å². The standard InChI is InChI=1S/C6H12O2.C5H10O2.C4H8O2/c1-3-4-5-8-6(2)7;1-3-4-5(6)7-2;1-3-6-4(2)5/h3-5H2,1-2H3;3-4H2,1-2H3;3H2,1-2H3. The van der Waals surface area contributed by atoms with E-state index in [1.807, 2.05) is 6.92 Å². The molecule has 0 rings (SSSR count). The third-order valence-electron chi connectivity index (χ3n) is 1.83. The summed E-state index contributed by atoms with van der Waals surface area (Å²) < 4.78 is 13.4. The first-order valence-corrected chi connectivity index (χ1v) is 7.19. The topological polar surface area (TPSA) is 78.9 Å². The smallest absolute Gasteiger partial charge is 0.305 e. The molecule has 0 aliphatic rings. The minimum Gasteiger partial charge on any atom is -0.469 e. The highest BCUT2D eigenvalue weighted by Gasteiger charge is 1.92. The monoisotopic (exact) mass is 306 g/mol. The molecule has 0 unspecified atom stereocenters. The fourth-order valence-corrected chi connectivity index (χ4v) is 0.870. The molecule has 6 nitrogen and oxygen atoms in total. The number of hydrogen-bond donors (Lipinski definition) is 0. The zero-order valence-electron chi connectivity index (χ0n) is 14.2. The molecule has 0 radical (unpaired) electrons. The number of ether oxygens (including phenoxy) is 3. The number of esters is 3. The second-order valence-corrected chi connectivity index (χ2v) is 3.94. The van der Waals surface area contributed by atoms with Gasteiger partial charge in [0.25, 0.3) is 0 Å². The molecule has 0 N–H and O–H groups in total. The highest BCUT2D eigenvalue weighted by Crippen LogP contribution is 1.87. The quantitative estimate of drug-likeness (QED) is 0.426. The van der Waals surface area contributed by atoms with Crippen molar-refractivity contribution < 1.29 is 28.6 Å². The van der Waals surface area contributed by atoms with E-state index in [0.717, 1.165) is 19.3 Å². The average Bonchev–Trinajstić information content (AvgIpc) is 2.40. The number of unbranched alkanes of at least 4 members (excludes halogenated alkanes) is 1. The number of rotatable bonds is 6. The van der Waals surface area contributed by atoms with Crippen molar-refractivity contribution in [2.75, 3.05) is 20.3 Å². The summed E-state index contributed by atoms with van der Waals surface area (Å²) in [6.45, 7) is 9.65. The molecule has 0 aliphatic heterocycles. The summed E-state index contributed by atoms with van der Waals surface area (Å²) in [6.07, 6.45) is 3.45. The lowest BCUT2D eigenvalue weighted by Gasteiger charge is -1.96. The molecule has 21 heavy (non-hydrogen) atoms. The lowest BCUT2D eigenvalue weighted by molar-refractivity contribution is -0.141. The van der Waals surface area contributed by atoms with Crippen molar-refractivity contribution in [1.82, 2.24) is 0 Å². The molecule has 6 heteroatoms. The summed E-state index contributed by atoms with van der Waals surface area (Å²) in [5.74, 6) is -0.515. The summed E-state index contributed by atoms with van der Waals surface area (Å²) in [7, 11) is 1.40. The first kappa shape index (κ1) is 24.4. The molecular weight excluding hydrogens is 276 g/mol. The van der Waals surface area contributed by atoms with Crippen LogP contribution in [0.15, 0.2) is 0 Å². The van der Waals surface area contributed by atoms with Crippen LogP contribution in [-0.2, 0) is 28.6 Å². The van der Waals surface area contributed by atoms with Crippen molar-refractivity contribution in [3.05, 3.63) is 0 Å². The molecule has 0 amide bonds. The number of hydrogen-bond acceptors (Lipinski definition) is 6. The molecule has 0 aliphatic carbocycles. The molecule has 0 aromatic carbocycles. The number of carbonyl (C=O) groups is 3. The van der Waals surface area contributed by atoms with Crippen LogP contribution in [0.1, 0.15) is 60.3 Å². The molecular formula is C15H30O6. The fraction of sp³-hybridized carbons (Fsp3) is 0.800. The Morgan fingerprint density at radius 3 is 1.57 bits per heavy atom. The minimum absolute atomic E-state index is 0.123. The van der Waals surface area contributed by atoms with Crippen molar-refractivity contribution in [2.45, 2.75) is 60.3 Å². The van der Waals surface area contributed by atoms with E-state index in [4.69, 9.17) is 0 Å². The Morgan fingerprint density at radius 2 is 1.38 bits per heavy atom. The maximum absolute atomic E-state index is 10.2. The molecule has 0 saturated carbocycles. The van der Waals surface area contributed by atoms with Crippen LogP contribution in [0, 0.1) is 0 Å². The van der Waals surface area contributed by atoms with Gasteiger partial charge in [-0.15, -0.1) is 0 Å². The van der Waals surface area contributed by atoms with E-state index in [1.54, 1.807) is 6.92 Å². The van der Waals surface area contributed by atoms with E-state index >= 15 is 0 Å². The Morgan fingerprint density at radius 1 is 0.857 bits per heavy atom. The van der Waals surface area contributed by atoms with Gasteiger partial charge in [-0.05, 0) is 19.8 Å². The van der Waals surface area contributed by atoms with E-state index in [9.17, 15) is 14.4 Å². The van der Waals surface area contributed by atoms with Gasteiger partial charge < -0.3 is 14.2 Å². The van der Waals surface area contributed by atoms with Gasteiger partial charge in [-0.3, -0.25) is 14.4 Å². The number of carbonyl (C=O) groups excluding carboxylic acids is 3. The summed E-state index contributed by atoms with van der Waals surface area (Å²) in [6, 6.07) is 0. The molecule has 0 fully saturated rings. The van der Waals surface area contributed by atoms with Crippen LogP contribution in [0.2, 0.25) is 0 Å². The van der Waals surface area contributed by atoms with Gasteiger partial charge in [0.15, 0.2) is 0 Å². The van der Waals surface area contributed by atoms with Crippen LogP contribution < -0.4 is 0 Å². The zero-order chi connectivity index (χ0) is 17.1. The predicted octanol–water partition coefficient (Wildman–Crippen LogP) is 2.88. The molecule has 0 atom stereocenters. The molecule has 126 valence electrons. The first-order valence-electron chi connectivity index (χ1n) is 7.19. The van der Waals surface area contributed by atoms with Gasteiger partial charge in [0.2, 0.25) is 0 Å². The maximum Gasteiger partial charge on any atom is 0.305 e. The Labute approximate surface area is 128 Å². The van der Waals surface area contributed by atoms with Crippen LogP contribution in [-0.4, -0.2) is 38.2 Å². The zero-order valence-corrected chi connectivity index (χ0v) is 14.2. The summed E-state index contributed by atoms with van der Waals surface area (Å²) in [4.78, 5) is 30.1. The van der Waals surface area contributed by atoms with Crippen molar-refractivity contribution in [1.29, 1.82) is 0 Å². The summed E-state index contributed by atoms with van der Waals surface area (Å²) >= 11 is 0. The van der Waals surface area contributed by atoms with Crippen molar-refractivity contribution in [3.63, 3.8) is 0 Å². The summed E-state index contributed by atoms with van der Waals surface area (Å²) in [5.41, 5.74) is 0. The van der Waals surface area contributed by atoms with Gasteiger partial charge in [0.05, 0.1) is 20.3 Å². The Hall–Kier alpha value is -1.59. The van der Waals surface area contributed by atoms with Crippen LogP contribution in [0.3, 0.4) is 0 Å². The van der Waals surface area contributed by atoms with Crippen LogP contribution >= 0.6 is 0 Å². The van der Waals surface area contributed by atoms with Crippen molar-refractivity contribution in [3.8, 4) is 0 Å². The Kier molecular flexibility index (Phi) is 24.1. The SMILES string of the molecule is CCCC(=O)OC.CCCCOC(C)=O.CCOC(C)=O.